The van der Waals surface area contributed by atoms with Gasteiger partial charge in [-0.15, -0.1) is 0 Å². The first-order valence-electron chi connectivity index (χ1n) is 9.77. The molecule has 4 rings (SSSR count). The molecule has 1 saturated heterocycles. The van der Waals surface area contributed by atoms with Crippen LogP contribution in [0.25, 0.3) is 0 Å². The van der Waals surface area contributed by atoms with Crippen molar-refractivity contribution in [3.63, 3.8) is 0 Å². The maximum absolute atomic E-state index is 13.3. The van der Waals surface area contributed by atoms with Gasteiger partial charge in [0.2, 0.25) is 11.7 Å². The van der Waals surface area contributed by atoms with Gasteiger partial charge >= 0.3 is 0 Å². The molecule has 1 aliphatic heterocycles. The lowest BCUT2D eigenvalue weighted by Crippen LogP contribution is -2.55. The lowest BCUT2D eigenvalue weighted by atomic mass is 9.63. The van der Waals surface area contributed by atoms with E-state index in [4.69, 9.17) is 4.52 Å². The van der Waals surface area contributed by atoms with E-state index in [0.29, 0.717) is 31.6 Å². The van der Waals surface area contributed by atoms with E-state index in [2.05, 4.69) is 10.5 Å². The van der Waals surface area contributed by atoms with Gasteiger partial charge in [-0.25, -0.2) is 4.39 Å². The zero-order valence-corrected chi connectivity index (χ0v) is 15.9. The van der Waals surface area contributed by atoms with Crippen molar-refractivity contribution in [1.29, 1.82) is 0 Å². The van der Waals surface area contributed by atoms with Crippen molar-refractivity contribution >= 4 is 11.8 Å². The highest BCUT2D eigenvalue weighted by Gasteiger charge is 2.48. The molecule has 7 heteroatoms. The van der Waals surface area contributed by atoms with Crippen LogP contribution < -0.4 is 5.32 Å². The highest BCUT2D eigenvalue weighted by molar-refractivity contribution is 5.92. The molecule has 0 atom stereocenters. The smallest absolute Gasteiger partial charge is 0.290 e. The molecule has 0 radical (unpaired) electrons. The topological polar surface area (TPSA) is 75.4 Å². The Bertz CT molecular complexity index is 865. The summed E-state index contributed by atoms with van der Waals surface area (Å²) in [5.41, 5.74) is 1.06. The third-order valence-electron chi connectivity index (χ3n) is 5.98. The minimum absolute atomic E-state index is 0.00474. The number of nitrogens with one attached hydrogen (secondary N) is 1. The molecule has 1 aliphatic carbocycles. The summed E-state index contributed by atoms with van der Waals surface area (Å²) in [5.74, 6) is -0.224. The summed E-state index contributed by atoms with van der Waals surface area (Å²) in [7, 11) is 0. The van der Waals surface area contributed by atoms with Crippen molar-refractivity contribution in [2.24, 2.45) is 0 Å². The van der Waals surface area contributed by atoms with Gasteiger partial charge in [-0.3, -0.25) is 9.59 Å². The number of nitrogens with zero attached hydrogens (tertiary/aromatic N) is 2. The van der Waals surface area contributed by atoms with Crippen LogP contribution in [-0.2, 0) is 10.2 Å². The minimum Gasteiger partial charge on any atom is -0.351 e. The normalized spacial score (nSPS) is 19.1. The lowest BCUT2D eigenvalue weighted by molar-refractivity contribution is -0.142. The number of hydrogen-bond acceptors (Lipinski definition) is 4. The summed E-state index contributed by atoms with van der Waals surface area (Å²) in [6.45, 7) is 2.96. The molecule has 0 bridgehead atoms. The summed E-state index contributed by atoms with van der Waals surface area (Å²) >= 11 is 0. The molecule has 0 unspecified atom stereocenters. The monoisotopic (exact) mass is 385 g/mol. The van der Waals surface area contributed by atoms with Crippen LogP contribution in [0.2, 0.25) is 0 Å². The second-order valence-electron chi connectivity index (χ2n) is 7.82. The second kappa shape index (κ2) is 7.37. The maximum Gasteiger partial charge on any atom is 0.290 e. The molecule has 148 valence electrons. The first-order valence-corrected chi connectivity index (χ1v) is 9.77. The van der Waals surface area contributed by atoms with Crippen molar-refractivity contribution < 1.29 is 18.5 Å². The SMILES string of the molecule is Cc1cc(C(=O)NC2CCN(C(=O)C3(c4ccc(F)cc4)CCC3)CC2)on1. The Morgan fingerprint density at radius 3 is 2.43 bits per heavy atom. The molecule has 2 aromatic rings. The van der Waals surface area contributed by atoms with E-state index < -0.39 is 5.41 Å². The van der Waals surface area contributed by atoms with Crippen LogP contribution in [0.4, 0.5) is 4.39 Å². The predicted octanol–water partition coefficient (Wildman–Crippen LogP) is 2.96. The number of likely N-dealkylation sites (tertiary alicyclic amines) is 1. The Morgan fingerprint density at radius 2 is 1.89 bits per heavy atom. The molecule has 1 aromatic heterocycles. The molecular weight excluding hydrogens is 361 g/mol. The van der Waals surface area contributed by atoms with Gasteiger partial charge in [-0.1, -0.05) is 23.7 Å². The zero-order valence-electron chi connectivity index (χ0n) is 15.9. The van der Waals surface area contributed by atoms with Crippen molar-refractivity contribution in [1.82, 2.24) is 15.4 Å². The Labute approximate surface area is 163 Å². The number of carbonyl (C=O) groups is 2. The Morgan fingerprint density at radius 1 is 1.21 bits per heavy atom. The van der Waals surface area contributed by atoms with Crippen LogP contribution in [0.5, 0.6) is 0 Å². The summed E-state index contributed by atoms with van der Waals surface area (Å²) in [5, 5.41) is 6.69. The fourth-order valence-electron chi connectivity index (χ4n) is 4.18. The summed E-state index contributed by atoms with van der Waals surface area (Å²) in [6, 6.07) is 7.94. The molecule has 1 aromatic carbocycles. The fourth-order valence-corrected chi connectivity index (χ4v) is 4.18. The quantitative estimate of drug-likeness (QED) is 0.878. The van der Waals surface area contributed by atoms with Crippen molar-refractivity contribution in [2.45, 2.75) is 50.5 Å². The van der Waals surface area contributed by atoms with E-state index in [1.165, 1.54) is 12.1 Å². The largest absolute Gasteiger partial charge is 0.351 e. The lowest BCUT2D eigenvalue weighted by Gasteiger charge is -2.45. The summed E-state index contributed by atoms with van der Waals surface area (Å²) in [6.07, 6.45) is 4.01. The van der Waals surface area contributed by atoms with Gasteiger partial charge in [0.1, 0.15) is 5.82 Å². The van der Waals surface area contributed by atoms with Crippen LogP contribution in [0, 0.1) is 12.7 Å². The molecule has 1 saturated carbocycles. The minimum atomic E-state index is -0.513. The van der Waals surface area contributed by atoms with E-state index in [-0.39, 0.29) is 29.4 Å². The van der Waals surface area contributed by atoms with E-state index >= 15 is 0 Å². The second-order valence-corrected chi connectivity index (χ2v) is 7.82. The fraction of sp³-hybridized carbons (Fsp3) is 0.476. The number of benzene rings is 1. The number of piperidine rings is 1. The first kappa shape index (κ1) is 18.7. The summed E-state index contributed by atoms with van der Waals surface area (Å²) < 4.78 is 18.3. The highest BCUT2D eigenvalue weighted by Crippen LogP contribution is 2.45. The standard InChI is InChI=1S/C21H24FN3O3/c1-14-13-18(28-24-14)19(26)23-17-7-11-25(12-8-17)20(27)21(9-2-10-21)15-3-5-16(22)6-4-15/h3-6,13,17H,2,7-12H2,1H3,(H,23,26). The molecule has 6 nitrogen and oxygen atoms in total. The average molecular weight is 385 g/mol. The highest BCUT2D eigenvalue weighted by atomic mass is 19.1. The van der Waals surface area contributed by atoms with Crippen molar-refractivity contribution in [2.75, 3.05) is 13.1 Å². The number of halogens is 1. The summed E-state index contributed by atoms with van der Waals surface area (Å²) in [4.78, 5) is 27.4. The number of aromatic nitrogens is 1. The molecule has 2 heterocycles. The van der Waals surface area contributed by atoms with Gasteiger partial charge in [0.25, 0.3) is 5.91 Å². The number of amides is 2. The number of carbonyl (C=O) groups excluding carboxylic acids is 2. The van der Waals surface area contributed by atoms with Crippen LogP contribution in [0.15, 0.2) is 34.9 Å². The van der Waals surface area contributed by atoms with Crippen LogP contribution in [0.3, 0.4) is 0 Å². The molecule has 1 N–H and O–H groups in total. The molecule has 2 aliphatic rings. The van der Waals surface area contributed by atoms with Gasteiger partial charge in [0, 0.05) is 25.2 Å². The molecular formula is C21H24FN3O3. The predicted molar refractivity (Wildman–Crippen MR) is 100 cm³/mol. The van der Waals surface area contributed by atoms with Gasteiger partial charge in [-0.2, -0.15) is 0 Å². The van der Waals surface area contributed by atoms with E-state index in [0.717, 1.165) is 24.8 Å². The maximum atomic E-state index is 13.3. The van der Waals surface area contributed by atoms with Crippen LogP contribution in [0.1, 0.15) is 53.9 Å². The zero-order chi connectivity index (χ0) is 19.7. The van der Waals surface area contributed by atoms with Gasteiger partial charge < -0.3 is 14.7 Å². The van der Waals surface area contributed by atoms with Crippen LogP contribution >= 0.6 is 0 Å². The Kier molecular flexibility index (Phi) is 4.91. The number of hydrogen-bond donors (Lipinski definition) is 1. The third-order valence-corrected chi connectivity index (χ3v) is 5.98. The number of aryl methyl sites for hydroxylation is 1. The van der Waals surface area contributed by atoms with Crippen LogP contribution in [-0.4, -0.2) is 41.0 Å². The van der Waals surface area contributed by atoms with Gasteiger partial charge in [0.15, 0.2) is 0 Å². The van der Waals surface area contributed by atoms with E-state index in [9.17, 15) is 14.0 Å². The Balaban J connectivity index is 1.37. The molecule has 0 spiro atoms. The van der Waals surface area contributed by atoms with Crippen molar-refractivity contribution in [3.05, 3.63) is 53.2 Å². The molecule has 2 fully saturated rings. The van der Waals surface area contributed by atoms with E-state index in [1.807, 2.05) is 4.90 Å². The third kappa shape index (κ3) is 3.41. The van der Waals surface area contributed by atoms with Gasteiger partial charge in [0.05, 0.1) is 11.1 Å². The Hall–Kier alpha value is -2.70. The average Bonchev–Trinajstić information content (AvgIpc) is 3.09. The van der Waals surface area contributed by atoms with Gasteiger partial charge in [-0.05, 0) is 50.3 Å². The molecule has 28 heavy (non-hydrogen) atoms. The van der Waals surface area contributed by atoms with E-state index in [1.54, 1.807) is 25.1 Å². The first-order chi connectivity index (χ1) is 13.5. The number of rotatable bonds is 4. The molecule has 2 amide bonds. The van der Waals surface area contributed by atoms with Crippen molar-refractivity contribution in [3.8, 4) is 0 Å².